The molecule has 5 nitrogen and oxygen atoms in total. The van der Waals surface area contributed by atoms with E-state index in [1.165, 1.54) is 10.8 Å². The van der Waals surface area contributed by atoms with Gasteiger partial charge in [0.05, 0.1) is 11.0 Å². The van der Waals surface area contributed by atoms with Crippen molar-refractivity contribution in [3.8, 4) is 5.88 Å². The average Bonchev–Trinajstić information content (AvgIpc) is 3.16. The molecule has 1 saturated heterocycles. The molecule has 1 fully saturated rings. The molecule has 1 atom stereocenters. The molecule has 138 valence electrons. The summed E-state index contributed by atoms with van der Waals surface area (Å²) in [6.07, 6.45) is 2.45. The molecule has 0 bridgehead atoms. The summed E-state index contributed by atoms with van der Waals surface area (Å²) in [7, 11) is 0. The van der Waals surface area contributed by atoms with Gasteiger partial charge in [-0.15, -0.1) is 0 Å². The Balaban J connectivity index is 1.35. The smallest absolute Gasteiger partial charge is 0.317 e. The number of rotatable bonds is 4. The van der Waals surface area contributed by atoms with Crippen molar-refractivity contribution in [3.63, 3.8) is 0 Å². The van der Waals surface area contributed by atoms with Crippen LogP contribution in [0.2, 0.25) is 0 Å². The van der Waals surface area contributed by atoms with Gasteiger partial charge in [0.25, 0.3) is 0 Å². The number of hydrogen-bond donors (Lipinski definition) is 1. The third-order valence-corrected chi connectivity index (χ3v) is 5.35. The second kappa shape index (κ2) is 7.96. The van der Waals surface area contributed by atoms with Crippen molar-refractivity contribution in [1.82, 2.24) is 15.2 Å². The van der Waals surface area contributed by atoms with E-state index in [1.807, 2.05) is 30.3 Å². The zero-order valence-corrected chi connectivity index (χ0v) is 16.4. The van der Waals surface area contributed by atoms with E-state index in [1.54, 1.807) is 11.1 Å². The summed E-state index contributed by atoms with van der Waals surface area (Å²) in [5.41, 5.74) is 1.12. The first-order valence-electron chi connectivity index (χ1n) is 8.97. The van der Waals surface area contributed by atoms with Crippen LogP contribution in [0.25, 0.3) is 10.8 Å². The summed E-state index contributed by atoms with van der Waals surface area (Å²) in [4.78, 5) is 18.6. The number of fused-ring (bicyclic) bond motifs is 1. The van der Waals surface area contributed by atoms with Crippen LogP contribution in [0, 0.1) is 0 Å². The molecule has 6 heteroatoms. The highest BCUT2D eigenvalue weighted by molar-refractivity contribution is 9.10. The predicted octanol–water partition coefficient (Wildman–Crippen LogP) is 4.36. The van der Waals surface area contributed by atoms with Crippen LogP contribution >= 0.6 is 15.9 Å². The molecule has 1 unspecified atom stereocenters. The number of benzene rings is 2. The molecule has 2 aromatic carbocycles. The maximum absolute atomic E-state index is 12.6. The fourth-order valence-electron chi connectivity index (χ4n) is 3.35. The molecule has 0 spiro atoms. The Morgan fingerprint density at radius 1 is 1.19 bits per heavy atom. The first-order chi connectivity index (χ1) is 13.2. The summed E-state index contributed by atoms with van der Waals surface area (Å²) in [6.45, 7) is 1.74. The number of likely N-dealkylation sites (tertiary alicyclic amines) is 1. The number of nitrogens with one attached hydrogen (secondary N) is 1. The predicted molar refractivity (Wildman–Crippen MR) is 109 cm³/mol. The molecule has 4 rings (SSSR count). The lowest BCUT2D eigenvalue weighted by molar-refractivity contribution is 0.182. The van der Waals surface area contributed by atoms with Crippen molar-refractivity contribution < 1.29 is 9.53 Å². The van der Waals surface area contributed by atoms with Crippen LogP contribution in [0.4, 0.5) is 4.79 Å². The van der Waals surface area contributed by atoms with Gasteiger partial charge < -0.3 is 15.0 Å². The highest BCUT2D eigenvalue weighted by Gasteiger charge is 2.28. The van der Waals surface area contributed by atoms with Crippen molar-refractivity contribution >= 4 is 32.7 Å². The topological polar surface area (TPSA) is 54.5 Å². The number of urea groups is 1. The molecule has 1 aromatic heterocycles. The van der Waals surface area contributed by atoms with Crippen LogP contribution in [0.1, 0.15) is 12.0 Å². The molecule has 2 amide bonds. The van der Waals surface area contributed by atoms with Gasteiger partial charge in [0.15, 0.2) is 0 Å². The van der Waals surface area contributed by atoms with Crippen molar-refractivity contribution in [2.45, 2.75) is 19.1 Å². The van der Waals surface area contributed by atoms with E-state index in [9.17, 15) is 4.79 Å². The highest BCUT2D eigenvalue weighted by Crippen LogP contribution is 2.24. The second-order valence-corrected chi connectivity index (χ2v) is 7.42. The maximum Gasteiger partial charge on any atom is 0.317 e. The minimum atomic E-state index is -0.0610. The first-order valence-corrected chi connectivity index (χ1v) is 9.76. The van der Waals surface area contributed by atoms with Crippen LogP contribution in [0.15, 0.2) is 65.3 Å². The van der Waals surface area contributed by atoms with Crippen molar-refractivity contribution in [2.24, 2.45) is 0 Å². The lowest BCUT2D eigenvalue weighted by Gasteiger charge is -2.18. The van der Waals surface area contributed by atoms with Gasteiger partial charge in [-0.25, -0.2) is 9.78 Å². The molecule has 0 saturated carbocycles. The van der Waals surface area contributed by atoms with E-state index in [0.29, 0.717) is 25.5 Å². The van der Waals surface area contributed by atoms with E-state index >= 15 is 0 Å². The number of amides is 2. The number of hydrogen-bond acceptors (Lipinski definition) is 3. The summed E-state index contributed by atoms with van der Waals surface area (Å²) >= 11 is 3.44. The Bertz CT molecular complexity index is 958. The standard InChI is InChI=1S/C21H20BrN3O2/c22-19-9-4-11-23-20(19)27-17-10-12-25(14-17)21(26)24-13-16-7-3-6-15-5-1-2-8-18(15)16/h1-9,11,17H,10,12-14H2,(H,24,26). The lowest BCUT2D eigenvalue weighted by Crippen LogP contribution is -2.39. The van der Waals surface area contributed by atoms with Crippen LogP contribution in [-0.4, -0.2) is 35.1 Å². The number of pyridine rings is 1. The molecule has 0 aliphatic carbocycles. The van der Waals surface area contributed by atoms with Gasteiger partial charge in [-0.1, -0.05) is 42.5 Å². The minimum Gasteiger partial charge on any atom is -0.472 e. The van der Waals surface area contributed by atoms with Crippen molar-refractivity contribution in [3.05, 3.63) is 70.8 Å². The highest BCUT2D eigenvalue weighted by atomic mass is 79.9. The number of carbonyl (C=O) groups is 1. The number of nitrogens with zero attached hydrogens (tertiary/aromatic N) is 2. The maximum atomic E-state index is 12.6. The van der Waals surface area contributed by atoms with Crippen molar-refractivity contribution in [2.75, 3.05) is 13.1 Å². The molecule has 3 aromatic rings. The van der Waals surface area contributed by atoms with E-state index in [0.717, 1.165) is 16.5 Å². The zero-order valence-electron chi connectivity index (χ0n) is 14.8. The normalized spacial score (nSPS) is 16.5. The van der Waals surface area contributed by atoms with E-state index < -0.39 is 0 Å². The van der Waals surface area contributed by atoms with Gasteiger partial charge in [-0.3, -0.25) is 0 Å². The lowest BCUT2D eigenvalue weighted by atomic mass is 10.0. The number of ether oxygens (including phenoxy) is 1. The van der Waals surface area contributed by atoms with Gasteiger partial charge in [-0.2, -0.15) is 0 Å². The molecule has 0 radical (unpaired) electrons. The number of carbonyl (C=O) groups excluding carboxylic acids is 1. The molecule has 1 aliphatic rings. The monoisotopic (exact) mass is 425 g/mol. The van der Waals surface area contributed by atoms with E-state index in [2.05, 4.69) is 50.5 Å². The third kappa shape index (κ3) is 4.06. The van der Waals surface area contributed by atoms with Crippen LogP contribution < -0.4 is 10.1 Å². The molecule has 1 N–H and O–H groups in total. The van der Waals surface area contributed by atoms with Gasteiger partial charge in [0, 0.05) is 25.7 Å². The molecule has 27 heavy (non-hydrogen) atoms. The Hall–Kier alpha value is -2.60. The van der Waals surface area contributed by atoms with Gasteiger partial charge >= 0.3 is 6.03 Å². The van der Waals surface area contributed by atoms with E-state index in [-0.39, 0.29) is 12.1 Å². The first kappa shape index (κ1) is 17.8. The molecule has 1 aliphatic heterocycles. The second-order valence-electron chi connectivity index (χ2n) is 6.56. The average molecular weight is 426 g/mol. The van der Waals surface area contributed by atoms with Crippen LogP contribution in [0.5, 0.6) is 5.88 Å². The summed E-state index contributed by atoms with van der Waals surface area (Å²) in [5.74, 6) is 0.570. The molecular weight excluding hydrogens is 406 g/mol. The zero-order chi connectivity index (χ0) is 18.6. The Labute approximate surface area is 166 Å². The molecular formula is C21H20BrN3O2. The Morgan fingerprint density at radius 3 is 2.93 bits per heavy atom. The van der Waals surface area contributed by atoms with E-state index in [4.69, 9.17) is 4.74 Å². The quantitative estimate of drug-likeness (QED) is 0.675. The molecule has 2 heterocycles. The Morgan fingerprint density at radius 2 is 2.04 bits per heavy atom. The SMILES string of the molecule is O=C(NCc1cccc2ccccc12)N1CCC(Oc2ncccc2Br)C1. The van der Waals surface area contributed by atoms with Crippen LogP contribution in [-0.2, 0) is 6.54 Å². The van der Waals surface area contributed by atoms with Crippen molar-refractivity contribution in [1.29, 1.82) is 0 Å². The van der Waals surface area contributed by atoms with Gasteiger partial charge in [-0.05, 0) is 44.4 Å². The minimum absolute atomic E-state index is 0.0421. The summed E-state index contributed by atoms with van der Waals surface area (Å²) in [5, 5.41) is 5.39. The fraction of sp³-hybridized carbons (Fsp3) is 0.238. The third-order valence-electron chi connectivity index (χ3n) is 4.75. The Kier molecular flexibility index (Phi) is 5.25. The van der Waals surface area contributed by atoms with Gasteiger partial charge in [0.2, 0.25) is 5.88 Å². The van der Waals surface area contributed by atoms with Crippen LogP contribution in [0.3, 0.4) is 0 Å². The number of halogens is 1. The largest absolute Gasteiger partial charge is 0.472 e. The van der Waals surface area contributed by atoms with Gasteiger partial charge in [0.1, 0.15) is 6.10 Å². The number of aromatic nitrogens is 1. The summed E-state index contributed by atoms with van der Waals surface area (Å²) < 4.78 is 6.75. The fourth-order valence-corrected chi connectivity index (χ4v) is 3.70. The summed E-state index contributed by atoms with van der Waals surface area (Å²) in [6, 6.07) is 18.0.